The molecule has 2 N–H and O–H groups in total. The largest absolute Gasteiger partial charge is 0.707 e. The van der Waals surface area contributed by atoms with Gasteiger partial charge in [-0.15, -0.1) is 0 Å². The highest BCUT2D eigenvalue weighted by Gasteiger charge is 2.16. The van der Waals surface area contributed by atoms with E-state index < -0.39 is 27.9 Å². The molecule has 1 rings (SSSR count). The van der Waals surface area contributed by atoms with E-state index in [1.165, 1.54) is 0 Å². The number of sulfone groups is 1. The van der Waals surface area contributed by atoms with Gasteiger partial charge in [-0.1, -0.05) is 0 Å². The Morgan fingerprint density at radius 3 is 2.40 bits per heavy atom. The van der Waals surface area contributed by atoms with Gasteiger partial charge in [-0.05, 0) is 12.1 Å². The van der Waals surface area contributed by atoms with E-state index in [1.807, 2.05) is 0 Å². The normalized spacial score (nSPS) is 11.2. The van der Waals surface area contributed by atoms with Crippen molar-refractivity contribution in [3.05, 3.63) is 24.0 Å². The molecule has 5 nitrogen and oxygen atoms in total. The van der Waals surface area contributed by atoms with Crippen LogP contribution in [0.15, 0.2) is 23.1 Å². The van der Waals surface area contributed by atoms with Crippen LogP contribution in [0.1, 0.15) is 0 Å². The average molecular weight is 234 g/mol. The van der Waals surface area contributed by atoms with Crippen molar-refractivity contribution in [1.29, 1.82) is 0 Å². The van der Waals surface area contributed by atoms with E-state index in [0.717, 1.165) is 24.5 Å². The minimum Gasteiger partial charge on any atom is -0.512 e. The number of rotatable bonds is 3. The Labute approximate surface area is 86.2 Å². The smallest absolute Gasteiger partial charge is 0.512 e. The van der Waals surface area contributed by atoms with Crippen molar-refractivity contribution in [1.82, 2.24) is 0 Å². The quantitative estimate of drug-likeness (QED) is 0.693. The third-order valence-electron chi connectivity index (χ3n) is 1.54. The lowest BCUT2D eigenvalue weighted by Gasteiger charge is -2.06. The molecule has 1 aromatic rings. The fourth-order valence-electron chi connectivity index (χ4n) is 0.977. The van der Waals surface area contributed by atoms with Gasteiger partial charge in [-0.2, -0.15) is 0 Å². The van der Waals surface area contributed by atoms with Gasteiger partial charge in [0.05, 0.1) is 0 Å². The van der Waals surface area contributed by atoms with Crippen LogP contribution in [-0.4, -0.2) is 32.0 Å². The summed E-state index contributed by atoms with van der Waals surface area (Å²) in [5.41, 5.74) is 0. The van der Waals surface area contributed by atoms with Gasteiger partial charge in [0.1, 0.15) is 16.5 Å². The lowest BCUT2D eigenvalue weighted by molar-refractivity contribution is 0.287. The third kappa shape index (κ3) is 3.19. The van der Waals surface area contributed by atoms with Gasteiger partial charge in [0.15, 0.2) is 9.84 Å². The summed E-state index contributed by atoms with van der Waals surface area (Å²) < 4.78 is 39.5. The van der Waals surface area contributed by atoms with Gasteiger partial charge in [-0.3, -0.25) is 0 Å². The van der Waals surface area contributed by atoms with Crippen LogP contribution >= 0.6 is 0 Å². The highest BCUT2D eigenvalue weighted by molar-refractivity contribution is 7.90. The Balaban J connectivity index is 3.09. The Kier molecular flexibility index (Phi) is 3.33. The van der Waals surface area contributed by atoms with Crippen molar-refractivity contribution in [2.24, 2.45) is 0 Å². The predicted octanol–water partition coefficient (Wildman–Crippen LogP) is -0.422. The summed E-state index contributed by atoms with van der Waals surface area (Å²) in [6, 6.07) is 2.87. The maximum Gasteiger partial charge on any atom is 0.707 e. The first-order chi connectivity index (χ1) is 6.80. The molecule has 0 saturated carbocycles. The topological polar surface area (TPSA) is 83.8 Å². The molecular weight excluding hydrogens is 226 g/mol. The van der Waals surface area contributed by atoms with Gasteiger partial charge >= 0.3 is 7.32 Å². The van der Waals surface area contributed by atoms with Crippen molar-refractivity contribution in [2.75, 3.05) is 6.26 Å². The second kappa shape index (κ2) is 4.17. The molecule has 0 atom stereocenters. The van der Waals surface area contributed by atoms with Gasteiger partial charge < -0.3 is 14.7 Å². The van der Waals surface area contributed by atoms with Crippen molar-refractivity contribution in [2.45, 2.75) is 4.90 Å². The molecule has 0 radical (unpaired) electrons. The van der Waals surface area contributed by atoms with E-state index in [2.05, 4.69) is 4.65 Å². The summed E-state index contributed by atoms with van der Waals surface area (Å²) in [4.78, 5) is -0.470. The first kappa shape index (κ1) is 12.0. The molecule has 15 heavy (non-hydrogen) atoms. The molecule has 8 heteroatoms. The van der Waals surface area contributed by atoms with E-state index in [4.69, 9.17) is 10.0 Å². The van der Waals surface area contributed by atoms with Crippen LogP contribution in [-0.2, 0) is 9.84 Å². The van der Waals surface area contributed by atoms with Gasteiger partial charge in [0.25, 0.3) is 0 Å². The fourth-order valence-corrected chi connectivity index (χ4v) is 1.71. The highest BCUT2D eigenvalue weighted by atomic mass is 32.2. The van der Waals surface area contributed by atoms with E-state index in [0.29, 0.717) is 0 Å². The molecule has 0 fully saturated rings. The molecule has 1 aromatic carbocycles. The Bertz CT molecular complexity index is 458. The van der Waals surface area contributed by atoms with Crippen LogP contribution in [0.4, 0.5) is 4.39 Å². The van der Waals surface area contributed by atoms with Crippen LogP contribution in [0, 0.1) is 5.82 Å². The summed E-state index contributed by atoms with van der Waals surface area (Å²) >= 11 is 0. The average Bonchev–Trinajstić information content (AvgIpc) is 1.99. The second-order valence-electron chi connectivity index (χ2n) is 2.81. The molecule has 0 amide bonds. The van der Waals surface area contributed by atoms with E-state index >= 15 is 0 Å². The number of benzene rings is 1. The summed E-state index contributed by atoms with van der Waals surface area (Å²) in [5, 5.41) is 16.8. The number of hydrogen-bond donors (Lipinski definition) is 2. The second-order valence-corrected chi connectivity index (χ2v) is 4.79. The third-order valence-corrected chi connectivity index (χ3v) is 2.67. The van der Waals surface area contributed by atoms with E-state index in [-0.39, 0.29) is 5.75 Å². The molecule has 0 aliphatic rings. The van der Waals surface area contributed by atoms with Crippen molar-refractivity contribution in [3.8, 4) is 5.75 Å². The standard InChI is InChI=1S/C7H8BFO5S/c1-15(12,13)7-3-2-5(4-6(7)9)14-8(10)11/h2-4,10-11H,1H3. The zero-order valence-electron chi connectivity index (χ0n) is 7.71. The Morgan fingerprint density at radius 2 is 2.00 bits per heavy atom. The molecular formula is C7H8BFO5S. The van der Waals surface area contributed by atoms with Crippen LogP contribution in [0.3, 0.4) is 0 Å². The van der Waals surface area contributed by atoms with Crippen molar-refractivity contribution in [3.63, 3.8) is 0 Å². The molecule has 0 saturated heterocycles. The monoisotopic (exact) mass is 234 g/mol. The maximum absolute atomic E-state index is 13.2. The maximum atomic E-state index is 13.2. The number of hydrogen-bond acceptors (Lipinski definition) is 5. The minimum absolute atomic E-state index is 0.171. The molecule has 0 bridgehead atoms. The van der Waals surface area contributed by atoms with Crippen LogP contribution < -0.4 is 4.65 Å². The van der Waals surface area contributed by atoms with Crippen LogP contribution in [0.2, 0.25) is 0 Å². The van der Waals surface area contributed by atoms with Crippen molar-refractivity contribution >= 4 is 17.2 Å². The van der Waals surface area contributed by atoms with E-state index in [1.54, 1.807) is 0 Å². The summed E-state index contributed by atoms with van der Waals surface area (Å²) in [7, 11) is -5.71. The molecule has 0 aliphatic carbocycles. The lowest BCUT2D eigenvalue weighted by Crippen LogP contribution is -2.20. The van der Waals surface area contributed by atoms with E-state index in [9.17, 15) is 12.8 Å². The zero-order chi connectivity index (χ0) is 11.6. The zero-order valence-corrected chi connectivity index (χ0v) is 8.53. The highest BCUT2D eigenvalue weighted by Crippen LogP contribution is 2.20. The first-order valence-corrected chi connectivity index (χ1v) is 5.72. The van der Waals surface area contributed by atoms with Gasteiger partial charge in [-0.25, -0.2) is 12.8 Å². The summed E-state index contributed by atoms with van der Waals surface area (Å²) in [5.74, 6) is -1.18. The molecule has 0 aliphatic heterocycles. The molecule has 0 spiro atoms. The lowest BCUT2D eigenvalue weighted by atomic mass is 10.2. The molecule has 0 aromatic heterocycles. The summed E-state index contributed by atoms with van der Waals surface area (Å²) in [6.45, 7) is 0. The molecule has 82 valence electrons. The van der Waals surface area contributed by atoms with Gasteiger partial charge in [0.2, 0.25) is 0 Å². The molecule has 0 unspecified atom stereocenters. The first-order valence-electron chi connectivity index (χ1n) is 3.83. The minimum atomic E-state index is -3.63. The summed E-state index contributed by atoms with van der Waals surface area (Å²) in [6.07, 6.45) is 0.868. The number of halogens is 1. The fraction of sp³-hybridized carbons (Fsp3) is 0.143. The Morgan fingerprint density at radius 1 is 1.40 bits per heavy atom. The molecule has 0 heterocycles. The van der Waals surface area contributed by atoms with Crippen LogP contribution in [0.5, 0.6) is 5.75 Å². The van der Waals surface area contributed by atoms with Gasteiger partial charge in [0, 0.05) is 12.3 Å². The SMILES string of the molecule is CS(=O)(=O)c1ccc(OB(O)O)cc1F. The predicted molar refractivity (Wildman–Crippen MR) is 50.3 cm³/mol. The van der Waals surface area contributed by atoms with Crippen molar-refractivity contribution < 1.29 is 27.5 Å². The van der Waals surface area contributed by atoms with Crippen LogP contribution in [0.25, 0.3) is 0 Å². The Hall–Kier alpha value is -1.12.